The van der Waals surface area contributed by atoms with Crippen molar-refractivity contribution in [1.29, 1.82) is 0 Å². The second-order valence-electron chi connectivity index (χ2n) is 8.01. The van der Waals surface area contributed by atoms with Gasteiger partial charge in [0.15, 0.2) is 0 Å². The van der Waals surface area contributed by atoms with E-state index in [0.29, 0.717) is 25.3 Å². The van der Waals surface area contributed by atoms with E-state index in [1.807, 2.05) is 24.3 Å². The van der Waals surface area contributed by atoms with Gasteiger partial charge in [-0.2, -0.15) is 18.2 Å². The number of rotatable bonds is 5. The van der Waals surface area contributed by atoms with Gasteiger partial charge in [-0.15, -0.1) is 0 Å². The summed E-state index contributed by atoms with van der Waals surface area (Å²) < 4.78 is 44.3. The minimum absolute atomic E-state index is 0.0169. The molecule has 0 N–H and O–H groups in total. The van der Waals surface area contributed by atoms with Crippen molar-refractivity contribution in [2.45, 2.75) is 51.4 Å². The van der Waals surface area contributed by atoms with Crippen LogP contribution < -0.4 is 0 Å². The molecular weight excluding hydrogens is 407 g/mol. The molecular formula is C23H22F3N3O2. The first-order valence-electron chi connectivity index (χ1n) is 10.1. The fraction of sp³-hybridized carbons (Fsp3) is 0.348. The van der Waals surface area contributed by atoms with E-state index in [0.717, 1.165) is 17.7 Å². The van der Waals surface area contributed by atoms with Crippen LogP contribution in [0, 0.1) is 0 Å². The molecule has 0 aliphatic carbocycles. The van der Waals surface area contributed by atoms with Crippen LogP contribution in [0.2, 0.25) is 0 Å². The quantitative estimate of drug-likeness (QED) is 0.519. The van der Waals surface area contributed by atoms with E-state index in [2.05, 4.69) is 24.0 Å². The first-order valence-corrected chi connectivity index (χ1v) is 10.1. The Labute approximate surface area is 177 Å². The van der Waals surface area contributed by atoms with Crippen molar-refractivity contribution in [1.82, 2.24) is 15.0 Å². The summed E-state index contributed by atoms with van der Waals surface area (Å²) in [6.07, 6.45) is -3.58. The van der Waals surface area contributed by atoms with Gasteiger partial charge in [-0.05, 0) is 35.6 Å². The molecule has 1 fully saturated rings. The van der Waals surface area contributed by atoms with Gasteiger partial charge >= 0.3 is 6.18 Å². The number of hydrogen-bond donors (Lipinski definition) is 0. The van der Waals surface area contributed by atoms with Crippen LogP contribution in [0.3, 0.4) is 0 Å². The predicted octanol–water partition coefficient (Wildman–Crippen LogP) is 5.74. The lowest BCUT2D eigenvalue weighted by molar-refractivity contribution is -0.137. The van der Waals surface area contributed by atoms with Crippen LogP contribution in [0.15, 0.2) is 53.1 Å². The Morgan fingerprint density at radius 1 is 1.16 bits per heavy atom. The maximum Gasteiger partial charge on any atom is 0.416 e. The molecule has 5 nitrogen and oxygen atoms in total. The van der Waals surface area contributed by atoms with E-state index >= 15 is 0 Å². The van der Waals surface area contributed by atoms with Crippen molar-refractivity contribution in [3.8, 4) is 11.4 Å². The molecule has 31 heavy (non-hydrogen) atoms. The van der Waals surface area contributed by atoms with E-state index in [1.165, 1.54) is 17.7 Å². The molecule has 1 aliphatic heterocycles. The van der Waals surface area contributed by atoms with Crippen LogP contribution in [-0.4, -0.2) is 20.9 Å². The van der Waals surface area contributed by atoms with Gasteiger partial charge in [0.25, 0.3) is 0 Å². The van der Waals surface area contributed by atoms with Crippen molar-refractivity contribution in [3.05, 3.63) is 71.1 Å². The summed E-state index contributed by atoms with van der Waals surface area (Å²) in [5.41, 5.74) is 1.64. The Morgan fingerprint density at radius 3 is 2.58 bits per heavy atom. The minimum atomic E-state index is -4.46. The van der Waals surface area contributed by atoms with Crippen LogP contribution in [0.5, 0.6) is 0 Å². The zero-order valence-electron chi connectivity index (χ0n) is 17.2. The van der Waals surface area contributed by atoms with Crippen LogP contribution in [0.4, 0.5) is 13.2 Å². The Kier molecular flexibility index (Phi) is 5.56. The van der Waals surface area contributed by atoms with Gasteiger partial charge < -0.3 is 9.42 Å². The number of alkyl halides is 3. The lowest BCUT2D eigenvalue weighted by Gasteiger charge is -2.22. The second-order valence-corrected chi connectivity index (χ2v) is 8.01. The molecule has 0 bridgehead atoms. The molecule has 162 valence electrons. The monoisotopic (exact) mass is 429 g/mol. The summed E-state index contributed by atoms with van der Waals surface area (Å²) in [4.78, 5) is 18.5. The Bertz CT molecular complexity index is 1070. The van der Waals surface area contributed by atoms with Gasteiger partial charge in [0.05, 0.1) is 5.56 Å². The molecule has 8 heteroatoms. The number of halogens is 3. The number of nitrogens with zero attached hydrogens (tertiary/aromatic N) is 3. The van der Waals surface area contributed by atoms with Gasteiger partial charge in [0, 0.05) is 18.5 Å². The molecule has 1 aromatic heterocycles. The number of carbonyl (C=O) groups excluding carboxylic acids is 1. The molecule has 1 atom stereocenters. The number of hydrogen-bond acceptors (Lipinski definition) is 4. The molecule has 1 amide bonds. The van der Waals surface area contributed by atoms with Gasteiger partial charge in [0.1, 0.15) is 6.04 Å². The van der Waals surface area contributed by atoms with Crippen molar-refractivity contribution < 1.29 is 22.5 Å². The number of carbonyl (C=O) groups is 1. The maximum atomic E-state index is 13.0. The van der Waals surface area contributed by atoms with Crippen LogP contribution in [-0.2, 0) is 17.5 Å². The van der Waals surface area contributed by atoms with Gasteiger partial charge in [0.2, 0.25) is 17.6 Å². The molecule has 1 saturated heterocycles. The van der Waals surface area contributed by atoms with E-state index in [9.17, 15) is 18.0 Å². The molecule has 0 radical (unpaired) electrons. The highest BCUT2D eigenvalue weighted by Crippen LogP contribution is 2.35. The number of benzene rings is 2. The van der Waals surface area contributed by atoms with Crippen molar-refractivity contribution in [3.63, 3.8) is 0 Å². The lowest BCUT2D eigenvalue weighted by atomic mass is 10.0. The van der Waals surface area contributed by atoms with Crippen LogP contribution >= 0.6 is 0 Å². The fourth-order valence-corrected chi connectivity index (χ4v) is 3.72. The topological polar surface area (TPSA) is 59.2 Å². The number of likely N-dealkylation sites (tertiary alicyclic amines) is 1. The van der Waals surface area contributed by atoms with Crippen LogP contribution in [0.25, 0.3) is 11.4 Å². The summed E-state index contributed by atoms with van der Waals surface area (Å²) in [6.45, 7) is 4.64. The molecule has 1 unspecified atom stereocenters. The third-order valence-corrected chi connectivity index (χ3v) is 5.50. The summed E-state index contributed by atoms with van der Waals surface area (Å²) in [5.74, 6) is 0.707. The zero-order valence-corrected chi connectivity index (χ0v) is 17.2. The smallest absolute Gasteiger partial charge is 0.337 e. The highest BCUT2D eigenvalue weighted by atomic mass is 19.4. The summed E-state index contributed by atoms with van der Waals surface area (Å²) in [5, 5.41) is 3.86. The summed E-state index contributed by atoms with van der Waals surface area (Å²) >= 11 is 0. The number of aromatic nitrogens is 2. The van der Waals surface area contributed by atoms with E-state index < -0.39 is 17.8 Å². The SMILES string of the molecule is CC(C)c1ccc(CN2C(=O)CCC2c2nc(-c3cccc(C(F)(F)F)c3)no2)cc1. The normalized spacial score (nSPS) is 17.0. The third-order valence-electron chi connectivity index (χ3n) is 5.50. The first-order chi connectivity index (χ1) is 14.7. The Hall–Kier alpha value is -3.16. The van der Waals surface area contributed by atoms with Crippen molar-refractivity contribution >= 4 is 5.91 Å². The molecule has 0 saturated carbocycles. The maximum absolute atomic E-state index is 13.0. The standard InChI is InChI=1S/C23H22F3N3O2/c1-14(2)16-8-6-15(7-9-16)13-29-19(10-11-20(29)30)22-27-21(28-31-22)17-4-3-5-18(12-17)23(24,25)26/h3-9,12,14,19H,10-11,13H2,1-2H3. The minimum Gasteiger partial charge on any atom is -0.337 e. The van der Waals surface area contributed by atoms with E-state index in [1.54, 1.807) is 4.90 Å². The van der Waals surface area contributed by atoms with Gasteiger partial charge in [-0.3, -0.25) is 4.79 Å². The Morgan fingerprint density at radius 2 is 1.90 bits per heavy atom. The molecule has 2 aromatic carbocycles. The molecule has 2 heterocycles. The van der Waals surface area contributed by atoms with E-state index in [4.69, 9.17) is 4.52 Å². The highest BCUT2D eigenvalue weighted by Gasteiger charge is 2.36. The lowest BCUT2D eigenvalue weighted by Crippen LogP contribution is -2.27. The van der Waals surface area contributed by atoms with E-state index in [-0.39, 0.29) is 23.2 Å². The summed E-state index contributed by atoms with van der Waals surface area (Å²) in [6, 6.07) is 12.5. The highest BCUT2D eigenvalue weighted by molar-refractivity contribution is 5.78. The Balaban J connectivity index is 1.55. The zero-order chi connectivity index (χ0) is 22.2. The average molecular weight is 429 g/mol. The second kappa shape index (κ2) is 8.17. The molecule has 3 aromatic rings. The van der Waals surface area contributed by atoms with Crippen molar-refractivity contribution in [2.75, 3.05) is 0 Å². The molecule has 1 aliphatic rings. The molecule has 0 spiro atoms. The first kappa shape index (κ1) is 21.1. The number of amides is 1. The van der Waals surface area contributed by atoms with Crippen molar-refractivity contribution in [2.24, 2.45) is 0 Å². The predicted molar refractivity (Wildman–Crippen MR) is 108 cm³/mol. The largest absolute Gasteiger partial charge is 0.416 e. The summed E-state index contributed by atoms with van der Waals surface area (Å²) in [7, 11) is 0. The van der Waals surface area contributed by atoms with Gasteiger partial charge in [-0.25, -0.2) is 0 Å². The molecule has 4 rings (SSSR count). The average Bonchev–Trinajstić information content (AvgIpc) is 3.35. The fourth-order valence-electron chi connectivity index (χ4n) is 3.72. The van der Waals surface area contributed by atoms with Gasteiger partial charge in [-0.1, -0.05) is 55.4 Å². The third kappa shape index (κ3) is 4.47. The van der Waals surface area contributed by atoms with Crippen LogP contribution in [0.1, 0.15) is 61.2 Å².